The van der Waals surface area contributed by atoms with Gasteiger partial charge >= 0.3 is 0 Å². The van der Waals surface area contributed by atoms with Gasteiger partial charge in [0, 0.05) is 36.4 Å². The highest BCUT2D eigenvalue weighted by Crippen LogP contribution is 2.45. The van der Waals surface area contributed by atoms with Crippen molar-refractivity contribution in [3.63, 3.8) is 0 Å². The lowest BCUT2D eigenvalue weighted by atomic mass is 9.96. The molecule has 0 saturated carbocycles. The van der Waals surface area contributed by atoms with E-state index in [2.05, 4.69) is 63.0 Å². The van der Waals surface area contributed by atoms with Gasteiger partial charge in [0.05, 0.1) is 30.6 Å². The van der Waals surface area contributed by atoms with E-state index < -0.39 is 0 Å². The highest BCUT2D eigenvalue weighted by Gasteiger charge is 2.42. The molecule has 0 bridgehead atoms. The zero-order valence-electron chi connectivity index (χ0n) is 22.0. The summed E-state index contributed by atoms with van der Waals surface area (Å²) in [4.78, 5) is 23.3. The van der Waals surface area contributed by atoms with Crippen LogP contribution in [-0.2, 0) is 4.79 Å². The maximum Gasteiger partial charge on any atom is 0.221 e. The molecule has 1 aromatic carbocycles. The topological polar surface area (TPSA) is 84.3 Å². The summed E-state index contributed by atoms with van der Waals surface area (Å²) in [6, 6.07) is 17.4. The van der Waals surface area contributed by atoms with Crippen LogP contribution in [0.4, 0.5) is 11.4 Å². The van der Waals surface area contributed by atoms with Crippen molar-refractivity contribution in [2.24, 2.45) is 0 Å². The fourth-order valence-corrected chi connectivity index (χ4v) is 5.51. The van der Waals surface area contributed by atoms with Crippen molar-refractivity contribution in [1.29, 1.82) is 0 Å². The summed E-state index contributed by atoms with van der Waals surface area (Å²) in [6.07, 6.45) is 3.63. The summed E-state index contributed by atoms with van der Waals surface area (Å²) in [6.45, 7) is 7.73. The van der Waals surface area contributed by atoms with Crippen molar-refractivity contribution in [1.82, 2.24) is 19.9 Å². The second-order valence-corrected chi connectivity index (χ2v) is 9.80. The number of carbonyl (C=O) groups excluding carboxylic acids is 1. The Balaban J connectivity index is 1.68. The summed E-state index contributed by atoms with van der Waals surface area (Å²) in [7, 11) is 1.58. The van der Waals surface area contributed by atoms with Crippen LogP contribution in [0.3, 0.4) is 0 Å². The fourth-order valence-electron chi connectivity index (χ4n) is 5.16. The lowest BCUT2D eigenvalue weighted by Crippen LogP contribution is -2.29. The Morgan fingerprint density at radius 1 is 1.05 bits per heavy atom. The SMILES string of the molecule is COc1ccc(N2C(=S)N[C@H](c3ccccn3)[C@H]2c2cc(C)n(-c3cc(C)ccn3)c2C)cc1NC(C)=O. The third kappa shape index (κ3) is 4.61. The van der Waals surface area contributed by atoms with E-state index in [0.717, 1.165) is 39.7 Å². The van der Waals surface area contributed by atoms with Gasteiger partial charge in [-0.05, 0) is 92.6 Å². The van der Waals surface area contributed by atoms with Crippen LogP contribution in [0, 0.1) is 20.8 Å². The molecule has 0 aliphatic carbocycles. The molecule has 0 unspecified atom stereocenters. The van der Waals surface area contributed by atoms with Gasteiger partial charge in [-0.3, -0.25) is 9.78 Å². The van der Waals surface area contributed by atoms with Crippen molar-refractivity contribution < 1.29 is 9.53 Å². The normalized spacial score (nSPS) is 16.9. The van der Waals surface area contributed by atoms with Crippen LogP contribution < -0.4 is 20.3 Å². The minimum Gasteiger partial charge on any atom is -0.495 e. The number of nitrogens with zero attached hydrogens (tertiary/aromatic N) is 4. The fraction of sp³-hybridized carbons (Fsp3) is 0.241. The summed E-state index contributed by atoms with van der Waals surface area (Å²) in [5, 5.41) is 6.96. The molecule has 5 rings (SSSR count). The van der Waals surface area contributed by atoms with E-state index in [9.17, 15) is 4.79 Å². The number of benzene rings is 1. The van der Waals surface area contributed by atoms with E-state index in [0.29, 0.717) is 16.5 Å². The number of anilines is 2. The molecule has 0 spiro atoms. The third-order valence-corrected chi connectivity index (χ3v) is 7.10. The summed E-state index contributed by atoms with van der Waals surface area (Å²) < 4.78 is 7.66. The molecule has 1 aliphatic rings. The first kappa shape index (κ1) is 25.4. The first-order chi connectivity index (χ1) is 18.3. The number of aryl methyl sites for hydroxylation is 2. The van der Waals surface area contributed by atoms with Crippen LogP contribution in [0.2, 0.25) is 0 Å². The Bertz CT molecular complexity index is 1520. The van der Waals surface area contributed by atoms with Crippen LogP contribution in [0.1, 0.15) is 47.2 Å². The van der Waals surface area contributed by atoms with Crippen LogP contribution in [0.25, 0.3) is 5.82 Å². The van der Waals surface area contributed by atoms with Gasteiger partial charge in [0.2, 0.25) is 5.91 Å². The number of amides is 1. The van der Waals surface area contributed by atoms with Gasteiger partial charge in [0.1, 0.15) is 11.6 Å². The van der Waals surface area contributed by atoms with E-state index in [4.69, 9.17) is 17.0 Å². The third-order valence-electron chi connectivity index (χ3n) is 6.79. The Labute approximate surface area is 227 Å². The molecular formula is C29H30N6O2S. The van der Waals surface area contributed by atoms with Crippen molar-refractivity contribution in [3.8, 4) is 11.6 Å². The van der Waals surface area contributed by atoms with Crippen molar-refractivity contribution >= 4 is 34.6 Å². The molecule has 9 heteroatoms. The van der Waals surface area contributed by atoms with Gasteiger partial charge < -0.3 is 24.8 Å². The molecule has 1 amide bonds. The second kappa shape index (κ2) is 10.3. The number of hydrogen-bond donors (Lipinski definition) is 2. The number of hydrogen-bond acceptors (Lipinski definition) is 5. The maximum absolute atomic E-state index is 11.9. The molecule has 1 aliphatic heterocycles. The molecule has 38 heavy (non-hydrogen) atoms. The number of carbonyl (C=O) groups is 1. The number of nitrogens with one attached hydrogen (secondary N) is 2. The summed E-state index contributed by atoms with van der Waals surface area (Å²) in [5.74, 6) is 1.27. The van der Waals surface area contributed by atoms with Crippen molar-refractivity contribution in [2.75, 3.05) is 17.3 Å². The number of rotatable bonds is 6. The van der Waals surface area contributed by atoms with Crippen molar-refractivity contribution in [2.45, 2.75) is 39.8 Å². The molecular weight excluding hydrogens is 496 g/mol. The van der Waals surface area contributed by atoms with E-state index in [-0.39, 0.29) is 18.0 Å². The quantitative estimate of drug-likeness (QED) is 0.328. The van der Waals surface area contributed by atoms with Crippen LogP contribution >= 0.6 is 12.2 Å². The molecule has 194 valence electrons. The van der Waals surface area contributed by atoms with Crippen LogP contribution in [0.5, 0.6) is 5.75 Å². The molecule has 8 nitrogen and oxygen atoms in total. The van der Waals surface area contributed by atoms with Gasteiger partial charge in [0.25, 0.3) is 0 Å². The standard InChI is InChI=1S/C29H30N6O2S/c1-17-11-13-31-26(14-17)34-18(2)15-22(19(34)3)28-27(23-8-6-7-12-30-23)33-29(38)35(28)21-9-10-25(37-5)24(16-21)32-20(4)36/h6-16,27-28H,1-5H3,(H,32,36)(H,33,38)/t27-,28-/m1/s1. The molecule has 4 heterocycles. The Morgan fingerprint density at radius 2 is 1.87 bits per heavy atom. The molecule has 3 aromatic heterocycles. The van der Waals surface area contributed by atoms with Gasteiger partial charge in [0.15, 0.2) is 5.11 Å². The number of methoxy groups -OCH3 is 1. The monoisotopic (exact) mass is 526 g/mol. The Hall–Kier alpha value is -4.24. The van der Waals surface area contributed by atoms with E-state index in [1.54, 1.807) is 13.3 Å². The van der Waals surface area contributed by atoms with Crippen LogP contribution in [-0.4, -0.2) is 32.7 Å². The Morgan fingerprint density at radius 3 is 2.55 bits per heavy atom. The summed E-state index contributed by atoms with van der Waals surface area (Å²) in [5.41, 5.74) is 6.68. The van der Waals surface area contributed by atoms with Gasteiger partial charge in [-0.1, -0.05) is 6.07 Å². The van der Waals surface area contributed by atoms with E-state index >= 15 is 0 Å². The average molecular weight is 527 g/mol. The highest BCUT2D eigenvalue weighted by molar-refractivity contribution is 7.80. The number of ether oxygens (including phenoxy) is 1. The zero-order valence-corrected chi connectivity index (χ0v) is 22.8. The lowest BCUT2D eigenvalue weighted by Gasteiger charge is -2.29. The molecule has 2 N–H and O–H groups in total. The molecule has 1 saturated heterocycles. The van der Waals surface area contributed by atoms with Gasteiger partial charge in [-0.25, -0.2) is 4.98 Å². The molecule has 2 atom stereocenters. The summed E-state index contributed by atoms with van der Waals surface area (Å²) >= 11 is 5.91. The van der Waals surface area contributed by atoms with E-state index in [1.165, 1.54) is 6.92 Å². The molecule has 0 radical (unpaired) electrons. The number of thiocarbonyl (C=S) groups is 1. The maximum atomic E-state index is 11.9. The smallest absolute Gasteiger partial charge is 0.221 e. The minimum absolute atomic E-state index is 0.181. The van der Waals surface area contributed by atoms with Gasteiger partial charge in [-0.15, -0.1) is 0 Å². The highest BCUT2D eigenvalue weighted by atomic mass is 32.1. The zero-order chi connectivity index (χ0) is 27.0. The number of pyridine rings is 2. The second-order valence-electron chi connectivity index (χ2n) is 9.42. The van der Waals surface area contributed by atoms with Crippen LogP contribution in [0.15, 0.2) is 67.0 Å². The van der Waals surface area contributed by atoms with Crippen molar-refractivity contribution in [3.05, 3.63) is 95.2 Å². The predicted molar refractivity (Wildman–Crippen MR) is 153 cm³/mol. The van der Waals surface area contributed by atoms with E-state index in [1.807, 2.05) is 48.7 Å². The minimum atomic E-state index is -0.208. The molecule has 4 aromatic rings. The average Bonchev–Trinajstić information content (AvgIpc) is 3.39. The largest absolute Gasteiger partial charge is 0.495 e. The molecule has 1 fully saturated rings. The first-order valence-corrected chi connectivity index (χ1v) is 12.8. The first-order valence-electron chi connectivity index (χ1n) is 12.4. The Kier molecular flexibility index (Phi) is 6.86. The van der Waals surface area contributed by atoms with Gasteiger partial charge in [-0.2, -0.15) is 0 Å². The predicted octanol–water partition coefficient (Wildman–Crippen LogP) is 5.34. The lowest BCUT2D eigenvalue weighted by molar-refractivity contribution is -0.114. The number of aromatic nitrogens is 3.